The highest BCUT2D eigenvalue weighted by Gasteiger charge is 2.33. The summed E-state index contributed by atoms with van der Waals surface area (Å²) < 4.78 is 5.93. The van der Waals surface area contributed by atoms with Gasteiger partial charge in [0.2, 0.25) is 5.91 Å². The number of pyridine rings is 1. The molecule has 2 atom stereocenters. The Balaban J connectivity index is 2.21. The van der Waals surface area contributed by atoms with Crippen molar-refractivity contribution in [2.24, 2.45) is 0 Å². The number of rotatable bonds is 0. The van der Waals surface area contributed by atoms with Crippen molar-refractivity contribution in [1.29, 1.82) is 0 Å². The Morgan fingerprint density at radius 1 is 1.32 bits per heavy atom. The molecule has 0 radical (unpaired) electrons. The number of hydrogen-bond acceptors (Lipinski definition) is 3. The van der Waals surface area contributed by atoms with Gasteiger partial charge in [0.15, 0.2) is 12.0 Å². The van der Waals surface area contributed by atoms with Crippen LogP contribution in [0.3, 0.4) is 0 Å². The van der Waals surface area contributed by atoms with Crippen molar-refractivity contribution < 1.29 is 9.53 Å². The van der Waals surface area contributed by atoms with Crippen molar-refractivity contribution in [1.82, 2.24) is 9.88 Å². The van der Waals surface area contributed by atoms with Gasteiger partial charge in [0.05, 0.1) is 6.04 Å². The molecule has 0 saturated carbocycles. The molecule has 3 rings (SSSR count). The molecule has 2 heterocycles. The lowest BCUT2D eigenvalue weighted by atomic mass is 10.0. The Morgan fingerprint density at radius 2 is 2.11 bits per heavy atom. The zero-order chi connectivity index (χ0) is 13.6. The number of aromatic nitrogens is 1. The fraction of sp³-hybridized carbons (Fsp3) is 0.333. The third kappa shape index (κ3) is 1.75. The Kier molecular flexibility index (Phi) is 2.66. The van der Waals surface area contributed by atoms with Crippen molar-refractivity contribution in [2.45, 2.75) is 33.0 Å². The molecule has 0 aliphatic carbocycles. The normalized spacial score (nSPS) is 21.9. The van der Waals surface area contributed by atoms with Crippen LogP contribution in [0.5, 0.6) is 5.75 Å². The van der Waals surface area contributed by atoms with Crippen molar-refractivity contribution in [3.05, 3.63) is 36.0 Å². The van der Waals surface area contributed by atoms with Crippen molar-refractivity contribution >= 4 is 16.8 Å². The lowest BCUT2D eigenvalue weighted by molar-refractivity contribution is -0.141. The van der Waals surface area contributed by atoms with E-state index in [1.807, 2.05) is 38.1 Å². The van der Waals surface area contributed by atoms with Gasteiger partial charge in [0.25, 0.3) is 0 Å². The number of fused-ring (bicyclic) bond motifs is 3. The number of benzene rings is 1. The topological polar surface area (TPSA) is 42.4 Å². The van der Waals surface area contributed by atoms with E-state index < -0.39 is 0 Å². The molecule has 1 aliphatic rings. The van der Waals surface area contributed by atoms with Gasteiger partial charge < -0.3 is 9.64 Å². The Bertz CT molecular complexity index is 654. The van der Waals surface area contributed by atoms with Crippen molar-refractivity contribution in [3.8, 4) is 5.75 Å². The molecule has 0 unspecified atom stereocenters. The van der Waals surface area contributed by atoms with Gasteiger partial charge in [-0.15, -0.1) is 0 Å². The summed E-state index contributed by atoms with van der Waals surface area (Å²) in [5.74, 6) is 0.822. The van der Waals surface area contributed by atoms with Gasteiger partial charge in [0, 0.05) is 24.1 Å². The van der Waals surface area contributed by atoms with Crippen molar-refractivity contribution in [2.75, 3.05) is 0 Å². The van der Waals surface area contributed by atoms with E-state index in [1.54, 1.807) is 18.0 Å². The van der Waals surface area contributed by atoms with E-state index in [4.69, 9.17) is 4.74 Å². The Hall–Kier alpha value is -2.10. The average Bonchev–Trinajstić information content (AvgIpc) is 2.38. The zero-order valence-corrected chi connectivity index (χ0v) is 11.3. The van der Waals surface area contributed by atoms with E-state index in [2.05, 4.69) is 4.98 Å². The quantitative estimate of drug-likeness (QED) is 0.728. The van der Waals surface area contributed by atoms with Crippen LogP contribution >= 0.6 is 0 Å². The van der Waals surface area contributed by atoms with Gasteiger partial charge in [-0.2, -0.15) is 0 Å². The first-order valence-electron chi connectivity index (χ1n) is 6.43. The molecule has 0 fully saturated rings. The predicted octanol–water partition coefficient (Wildman–Crippen LogP) is 2.88. The van der Waals surface area contributed by atoms with Gasteiger partial charge >= 0.3 is 0 Å². The van der Waals surface area contributed by atoms with E-state index in [-0.39, 0.29) is 18.2 Å². The van der Waals surface area contributed by atoms with Crippen LogP contribution in [0.2, 0.25) is 0 Å². The minimum Gasteiger partial charge on any atom is -0.468 e. The summed E-state index contributed by atoms with van der Waals surface area (Å²) in [5.41, 5.74) is 1.88. The van der Waals surface area contributed by atoms with E-state index in [0.29, 0.717) is 0 Å². The second-order valence-electron chi connectivity index (χ2n) is 4.88. The summed E-state index contributed by atoms with van der Waals surface area (Å²) >= 11 is 0. The molecule has 1 aromatic heterocycles. The second-order valence-corrected chi connectivity index (χ2v) is 4.88. The molecular weight excluding hydrogens is 240 g/mol. The maximum Gasteiger partial charge on any atom is 0.222 e. The molecule has 4 heteroatoms. The summed E-state index contributed by atoms with van der Waals surface area (Å²) in [4.78, 5) is 17.9. The van der Waals surface area contributed by atoms with Gasteiger partial charge in [-0.05, 0) is 19.9 Å². The summed E-state index contributed by atoms with van der Waals surface area (Å²) in [6, 6.07) is 7.97. The number of hydrogen-bond donors (Lipinski definition) is 0. The van der Waals surface area contributed by atoms with Crippen LogP contribution in [0.4, 0.5) is 0 Å². The number of carbonyl (C=O) groups is 1. The first-order chi connectivity index (χ1) is 9.09. The molecule has 1 aromatic carbocycles. The molecule has 0 spiro atoms. The fourth-order valence-electron chi connectivity index (χ4n) is 2.81. The van der Waals surface area contributed by atoms with Crippen LogP contribution in [-0.4, -0.2) is 22.0 Å². The molecule has 19 heavy (non-hydrogen) atoms. The lowest BCUT2D eigenvalue weighted by Gasteiger charge is -2.39. The molecule has 0 N–H and O–H groups in total. The zero-order valence-electron chi connectivity index (χ0n) is 11.3. The summed E-state index contributed by atoms with van der Waals surface area (Å²) in [6.45, 7) is 5.48. The van der Waals surface area contributed by atoms with Crippen LogP contribution < -0.4 is 4.74 Å². The molecule has 1 aliphatic heterocycles. The van der Waals surface area contributed by atoms with Crippen LogP contribution in [-0.2, 0) is 4.79 Å². The highest BCUT2D eigenvalue weighted by Crippen LogP contribution is 2.40. The number of ether oxygens (including phenoxy) is 1. The molecule has 4 nitrogen and oxygen atoms in total. The Labute approximate surface area is 112 Å². The third-order valence-electron chi connectivity index (χ3n) is 3.67. The largest absolute Gasteiger partial charge is 0.468 e. The van der Waals surface area contributed by atoms with E-state index in [1.165, 1.54) is 0 Å². The minimum absolute atomic E-state index is 0.00246. The van der Waals surface area contributed by atoms with Crippen LogP contribution in [0.1, 0.15) is 32.4 Å². The van der Waals surface area contributed by atoms with Gasteiger partial charge in [-0.1, -0.05) is 18.2 Å². The van der Waals surface area contributed by atoms with Gasteiger partial charge in [-0.3, -0.25) is 9.78 Å². The highest BCUT2D eigenvalue weighted by atomic mass is 16.5. The smallest absolute Gasteiger partial charge is 0.222 e. The molecule has 1 amide bonds. The standard InChI is InChI=1S/C15H16N2O2/c1-9-13-7-6-12-5-4-8-16-14(12)15(13)19-11(3)17(9)10(2)18/h4-9,11H,1-3H3/t9-,11-/m1/s1. The fourth-order valence-corrected chi connectivity index (χ4v) is 2.81. The second kappa shape index (κ2) is 4.23. The molecule has 2 aromatic rings. The Morgan fingerprint density at radius 3 is 2.84 bits per heavy atom. The number of carbonyl (C=O) groups excluding carboxylic acids is 1. The maximum atomic E-state index is 11.7. The van der Waals surface area contributed by atoms with Crippen LogP contribution in [0.15, 0.2) is 30.5 Å². The van der Waals surface area contributed by atoms with Crippen LogP contribution in [0, 0.1) is 0 Å². The third-order valence-corrected chi connectivity index (χ3v) is 3.67. The maximum absolute atomic E-state index is 11.7. The predicted molar refractivity (Wildman–Crippen MR) is 72.8 cm³/mol. The highest BCUT2D eigenvalue weighted by molar-refractivity contribution is 5.86. The van der Waals surface area contributed by atoms with Gasteiger partial charge in [-0.25, -0.2) is 0 Å². The summed E-state index contributed by atoms with van der Waals surface area (Å²) in [7, 11) is 0. The van der Waals surface area contributed by atoms with E-state index in [9.17, 15) is 4.79 Å². The van der Waals surface area contributed by atoms with Crippen molar-refractivity contribution in [3.63, 3.8) is 0 Å². The first kappa shape index (κ1) is 12.0. The van der Waals surface area contributed by atoms with E-state index in [0.717, 1.165) is 22.2 Å². The first-order valence-corrected chi connectivity index (χ1v) is 6.43. The molecular formula is C15H16N2O2. The average molecular weight is 256 g/mol. The van der Waals surface area contributed by atoms with E-state index >= 15 is 0 Å². The number of nitrogens with zero attached hydrogens (tertiary/aromatic N) is 2. The summed E-state index contributed by atoms with van der Waals surface area (Å²) in [6.07, 6.45) is 1.49. The van der Waals surface area contributed by atoms with Gasteiger partial charge in [0.1, 0.15) is 5.52 Å². The number of amides is 1. The lowest BCUT2D eigenvalue weighted by Crippen LogP contribution is -2.45. The summed E-state index contributed by atoms with van der Waals surface area (Å²) in [5, 5.41) is 1.05. The monoisotopic (exact) mass is 256 g/mol. The SMILES string of the molecule is CC(=O)N1[C@H](C)c2ccc3cccnc3c2O[C@@H]1C. The molecule has 0 saturated heterocycles. The molecule has 0 bridgehead atoms. The minimum atomic E-state index is -0.271. The van der Waals surface area contributed by atoms with Crippen LogP contribution in [0.25, 0.3) is 10.9 Å². The molecule has 98 valence electrons.